The van der Waals surface area contributed by atoms with Crippen LogP contribution in [0.4, 0.5) is 0 Å². The molecular formula is C45H76O6Si2. The molecule has 0 bridgehead atoms. The normalized spacial score (nSPS) is 21.8. The largest absolute Gasteiger partial charge is 0.413 e. The van der Waals surface area contributed by atoms with Crippen LogP contribution in [0.2, 0.25) is 36.3 Å². The van der Waals surface area contributed by atoms with Crippen LogP contribution in [0.25, 0.3) is 0 Å². The van der Waals surface area contributed by atoms with Gasteiger partial charge in [-0.15, -0.1) is 0 Å². The van der Waals surface area contributed by atoms with Crippen molar-refractivity contribution in [3.8, 4) is 0 Å². The molecule has 0 radical (unpaired) electrons. The third-order valence-electron chi connectivity index (χ3n) is 12.6. The lowest BCUT2D eigenvalue weighted by molar-refractivity contribution is -0.138. The summed E-state index contributed by atoms with van der Waals surface area (Å²) in [5.41, 5.74) is 2.38. The van der Waals surface area contributed by atoms with Crippen LogP contribution in [-0.4, -0.2) is 61.1 Å². The quantitative estimate of drug-likeness (QED) is 0.0540. The smallest absolute Gasteiger partial charge is 0.192 e. The predicted octanol–water partition coefficient (Wildman–Crippen LogP) is 11.8. The summed E-state index contributed by atoms with van der Waals surface area (Å²) in [5, 5.41) is 0. The van der Waals surface area contributed by atoms with E-state index < -0.39 is 16.6 Å². The average molecular weight is 769 g/mol. The molecule has 1 fully saturated rings. The molecule has 0 N–H and O–H groups in total. The van der Waals surface area contributed by atoms with Crippen molar-refractivity contribution in [1.29, 1.82) is 0 Å². The van der Waals surface area contributed by atoms with E-state index in [1.165, 1.54) is 11.1 Å². The van der Waals surface area contributed by atoms with E-state index in [0.29, 0.717) is 25.7 Å². The van der Waals surface area contributed by atoms with Gasteiger partial charge in [-0.1, -0.05) is 142 Å². The lowest BCUT2D eigenvalue weighted by Gasteiger charge is -2.43. The fourth-order valence-electron chi connectivity index (χ4n) is 8.23. The summed E-state index contributed by atoms with van der Waals surface area (Å²) in [6, 6.07) is 27.7. The van der Waals surface area contributed by atoms with Crippen molar-refractivity contribution in [2.45, 2.75) is 162 Å². The Kier molecular flexibility index (Phi) is 20.2. The number of benzene rings is 2. The van der Waals surface area contributed by atoms with E-state index in [0.717, 1.165) is 49.1 Å². The topological polar surface area (TPSA) is 55.4 Å². The molecule has 9 atom stereocenters. The third-order valence-corrected chi connectivity index (χ3v) is 21.9. The van der Waals surface area contributed by atoms with Gasteiger partial charge in [0.15, 0.2) is 22.9 Å². The van der Waals surface area contributed by atoms with E-state index in [2.05, 4.69) is 142 Å². The van der Waals surface area contributed by atoms with Crippen molar-refractivity contribution in [3.05, 3.63) is 83.9 Å². The summed E-state index contributed by atoms with van der Waals surface area (Å²) < 4.78 is 40.1. The van der Waals surface area contributed by atoms with Crippen LogP contribution in [0.3, 0.4) is 0 Å². The van der Waals surface area contributed by atoms with Crippen LogP contribution in [0.1, 0.15) is 93.2 Å². The van der Waals surface area contributed by atoms with Gasteiger partial charge in [0, 0.05) is 32.0 Å². The highest BCUT2D eigenvalue weighted by Gasteiger charge is 2.42. The van der Waals surface area contributed by atoms with E-state index >= 15 is 0 Å². The zero-order valence-electron chi connectivity index (χ0n) is 35.4. The molecule has 2 aromatic carbocycles. The Morgan fingerprint density at radius 1 is 0.736 bits per heavy atom. The second-order valence-electron chi connectivity index (χ2n) is 15.8. The molecule has 8 heteroatoms. The highest BCUT2D eigenvalue weighted by atomic mass is 28.4. The van der Waals surface area contributed by atoms with E-state index in [4.69, 9.17) is 27.8 Å². The van der Waals surface area contributed by atoms with Gasteiger partial charge in [-0.25, -0.2) is 0 Å². The number of ether oxygens (including phenoxy) is 4. The molecule has 0 aliphatic carbocycles. The first kappa shape index (κ1) is 45.8. The lowest BCUT2D eigenvalue weighted by atomic mass is 9.86. The predicted molar refractivity (Wildman–Crippen MR) is 226 cm³/mol. The zero-order chi connectivity index (χ0) is 38.9. The SMILES string of the molecule is CC[Si](CC)(CC)O[C@H]([C@H](C)[C@H](CCOCc1ccccc1)O[Si](CC)(CC)CC)[C@@H](C)/C=C/[C@@H](OCc1ccccc1)[C@H](C)[C@@H]1OC(OC)C[C@H]1C. The highest BCUT2D eigenvalue weighted by Crippen LogP contribution is 2.37. The first-order valence-electron chi connectivity index (χ1n) is 21.0. The van der Waals surface area contributed by atoms with Gasteiger partial charge in [-0.2, -0.15) is 0 Å². The van der Waals surface area contributed by atoms with E-state index in [1.54, 1.807) is 7.11 Å². The van der Waals surface area contributed by atoms with Crippen molar-refractivity contribution in [3.63, 3.8) is 0 Å². The summed E-state index contributed by atoms with van der Waals surface area (Å²) in [6.45, 7) is 25.1. The van der Waals surface area contributed by atoms with Crippen molar-refractivity contribution in [2.75, 3.05) is 13.7 Å². The van der Waals surface area contributed by atoms with Gasteiger partial charge in [0.05, 0.1) is 37.6 Å². The van der Waals surface area contributed by atoms with Crippen LogP contribution in [-0.2, 0) is 41.0 Å². The van der Waals surface area contributed by atoms with Gasteiger partial charge >= 0.3 is 0 Å². The third kappa shape index (κ3) is 13.5. The minimum Gasteiger partial charge on any atom is -0.413 e. The van der Waals surface area contributed by atoms with E-state index in [-0.39, 0.29) is 48.5 Å². The van der Waals surface area contributed by atoms with Crippen LogP contribution < -0.4 is 0 Å². The second-order valence-corrected chi connectivity index (χ2v) is 25.2. The molecule has 3 rings (SSSR count). The molecule has 0 saturated carbocycles. The van der Waals surface area contributed by atoms with Gasteiger partial charge in [-0.05, 0) is 65.6 Å². The Bertz CT molecular complexity index is 1250. The number of methoxy groups -OCH3 is 1. The molecule has 1 heterocycles. The van der Waals surface area contributed by atoms with Crippen LogP contribution in [0.15, 0.2) is 72.8 Å². The van der Waals surface area contributed by atoms with Crippen molar-refractivity contribution in [1.82, 2.24) is 0 Å². The maximum absolute atomic E-state index is 7.55. The molecule has 2 aromatic rings. The Hall–Kier alpha value is -1.63. The van der Waals surface area contributed by atoms with Crippen LogP contribution >= 0.6 is 0 Å². The standard InChI is InChI=1S/C45H76O6Si2/c1-12-52(13-2,14-3)50-42(30-31-47-33-39-24-20-18-21-25-39)38(10)45(51-53(15-4,16-5)17-6)35(7)28-29-41(48-34-40-26-22-19-23-27-40)37(9)44-36(8)32-43(46-11)49-44/h18-29,35-38,41-45H,12-17,30-34H2,1-11H3/b29-28+/t35-,36+,37-,38+,41+,42-,43?,44+,45-/m0/s1. The van der Waals surface area contributed by atoms with Crippen LogP contribution in [0, 0.1) is 23.7 Å². The van der Waals surface area contributed by atoms with Crippen molar-refractivity contribution < 1.29 is 27.8 Å². The molecule has 1 unspecified atom stereocenters. The summed E-state index contributed by atoms with van der Waals surface area (Å²) >= 11 is 0. The van der Waals surface area contributed by atoms with Crippen molar-refractivity contribution in [2.24, 2.45) is 23.7 Å². The maximum Gasteiger partial charge on any atom is 0.192 e. The monoisotopic (exact) mass is 769 g/mol. The molecule has 0 spiro atoms. The highest BCUT2D eigenvalue weighted by molar-refractivity contribution is 6.74. The van der Waals surface area contributed by atoms with Crippen LogP contribution in [0.5, 0.6) is 0 Å². The zero-order valence-corrected chi connectivity index (χ0v) is 37.4. The molecule has 6 nitrogen and oxygen atoms in total. The van der Waals surface area contributed by atoms with Gasteiger partial charge in [0.2, 0.25) is 0 Å². The van der Waals surface area contributed by atoms with E-state index in [9.17, 15) is 0 Å². The first-order chi connectivity index (χ1) is 25.5. The average Bonchev–Trinajstić information content (AvgIpc) is 3.59. The van der Waals surface area contributed by atoms with Gasteiger partial charge in [0.25, 0.3) is 0 Å². The fourth-order valence-corrected chi connectivity index (χ4v) is 14.2. The Morgan fingerprint density at radius 2 is 1.26 bits per heavy atom. The number of hydrogen-bond donors (Lipinski definition) is 0. The molecular weight excluding hydrogens is 693 g/mol. The first-order valence-corrected chi connectivity index (χ1v) is 26.1. The van der Waals surface area contributed by atoms with Gasteiger partial charge in [-0.3, -0.25) is 0 Å². The minimum atomic E-state index is -1.97. The second kappa shape index (κ2) is 23.4. The molecule has 1 aliphatic rings. The molecule has 0 aromatic heterocycles. The molecule has 0 amide bonds. The summed E-state index contributed by atoms with van der Waals surface area (Å²) in [4.78, 5) is 0. The van der Waals surface area contributed by atoms with Gasteiger partial charge < -0.3 is 27.8 Å². The number of hydrogen-bond acceptors (Lipinski definition) is 6. The molecule has 1 saturated heterocycles. The van der Waals surface area contributed by atoms with Gasteiger partial charge in [0.1, 0.15) is 0 Å². The maximum atomic E-state index is 7.55. The number of rotatable bonds is 26. The molecule has 1 aliphatic heterocycles. The summed E-state index contributed by atoms with van der Waals surface area (Å²) in [6.07, 6.45) is 6.28. The molecule has 53 heavy (non-hydrogen) atoms. The van der Waals surface area contributed by atoms with Crippen molar-refractivity contribution >= 4 is 16.6 Å². The summed E-state index contributed by atoms with van der Waals surface area (Å²) in [7, 11) is -2.15. The Labute approximate surface area is 327 Å². The lowest BCUT2D eigenvalue weighted by Crippen LogP contribution is -2.50. The molecule has 300 valence electrons. The fraction of sp³-hybridized carbons (Fsp3) is 0.689. The Balaban J connectivity index is 1.95. The Morgan fingerprint density at radius 3 is 1.77 bits per heavy atom. The summed E-state index contributed by atoms with van der Waals surface area (Å²) in [5.74, 6) is 0.868. The van der Waals surface area contributed by atoms with E-state index in [1.807, 2.05) is 0 Å². The minimum absolute atomic E-state index is 0.0127.